The van der Waals surface area contributed by atoms with Gasteiger partial charge in [0.05, 0.1) is 11.5 Å². The van der Waals surface area contributed by atoms with E-state index >= 15 is 0 Å². The predicted molar refractivity (Wildman–Crippen MR) is 60.3 cm³/mol. The van der Waals surface area contributed by atoms with Gasteiger partial charge in [-0.05, 0) is 28.7 Å². The Labute approximate surface area is 98.0 Å². The van der Waals surface area contributed by atoms with Gasteiger partial charge in [0.25, 0.3) is 12.1 Å². The number of nitro benzene ring substituents is 1. The maximum absolute atomic E-state index is 11.9. The van der Waals surface area contributed by atoms with Crippen molar-refractivity contribution >= 4 is 34.0 Å². The Kier molecular flexibility index (Phi) is 4.18. The zero-order valence-corrected chi connectivity index (χ0v) is 9.57. The summed E-state index contributed by atoms with van der Waals surface area (Å²) in [7, 11) is 0. The van der Waals surface area contributed by atoms with Gasteiger partial charge < -0.3 is 5.32 Å². The molecule has 82 valence electrons. The van der Waals surface area contributed by atoms with Crippen molar-refractivity contribution < 1.29 is 13.7 Å². The summed E-state index contributed by atoms with van der Waals surface area (Å²) in [5.74, 6) is 0. The number of hydrogen-bond donors (Lipinski definition) is 1. The highest BCUT2D eigenvalue weighted by atomic mass is 127. The number of rotatable bonds is 4. The summed E-state index contributed by atoms with van der Waals surface area (Å²) in [6.45, 7) is -0.464. The molecule has 0 saturated heterocycles. The van der Waals surface area contributed by atoms with Crippen LogP contribution in [0.2, 0.25) is 0 Å². The molecular formula is C8H7F2IN2O2. The fourth-order valence-electron chi connectivity index (χ4n) is 0.948. The van der Waals surface area contributed by atoms with E-state index in [-0.39, 0.29) is 5.69 Å². The highest BCUT2D eigenvalue weighted by Crippen LogP contribution is 2.23. The zero-order valence-electron chi connectivity index (χ0n) is 7.41. The normalized spacial score (nSPS) is 10.4. The number of benzene rings is 1. The van der Waals surface area contributed by atoms with Crippen LogP contribution in [-0.2, 0) is 0 Å². The van der Waals surface area contributed by atoms with Gasteiger partial charge in [-0.2, -0.15) is 0 Å². The van der Waals surface area contributed by atoms with Crippen LogP contribution in [0.1, 0.15) is 0 Å². The molecule has 0 aliphatic heterocycles. The molecule has 0 heterocycles. The van der Waals surface area contributed by atoms with Crippen LogP contribution in [0.15, 0.2) is 18.2 Å². The molecule has 0 spiro atoms. The van der Waals surface area contributed by atoms with Gasteiger partial charge in [-0.3, -0.25) is 10.1 Å². The average Bonchev–Trinajstić information content (AvgIpc) is 2.15. The number of alkyl halides is 2. The highest BCUT2D eigenvalue weighted by molar-refractivity contribution is 14.1. The lowest BCUT2D eigenvalue weighted by atomic mass is 10.3. The van der Waals surface area contributed by atoms with Crippen molar-refractivity contribution in [2.45, 2.75) is 6.43 Å². The van der Waals surface area contributed by atoms with Gasteiger partial charge in [-0.25, -0.2) is 8.78 Å². The number of halogens is 3. The average molecular weight is 328 g/mol. The summed E-state index contributed by atoms with van der Waals surface area (Å²) in [5, 5.41) is 12.9. The van der Waals surface area contributed by atoms with Crippen molar-refractivity contribution in [3.63, 3.8) is 0 Å². The van der Waals surface area contributed by atoms with Crippen molar-refractivity contribution in [3.8, 4) is 0 Å². The molecule has 0 saturated carbocycles. The molecule has 0 radical (unpaired) electrons. The van der Waals surface area contributed by atoms with Crippen LogP contribution in [0.5, 0.6) is 0 Å². The molecule has 0 aromatic heterocycles. The van der Waals surface area contributed by atoms with E-state index in [1.165, 1.54) is 18.2 Å². The molecule has 0 aliphatic rings. The molecule has 1 aromatic carbocycles. The summed E-state index contributed by atoms with van der Waals surface area (Å²) in [4.78, 5) is 9.86. The number of nitro groups is 1. The largest absolute Gasteiger partial charge is 0.378 e. The predicted octanol–water partition coefficient (Wildman–Crippen LogP) is 2.88. The van der Waals surface area contributed by atoms with E-state index in [0.29, 0.717) is 9.26 Å². The molecule has 15 heavy (non-hydrogen) atoms. The van der Waals surface area contributed by atoms with Gasteiger partial charge in [0, 0.05) is 21.4 Å². The molecule has 1 rings (SSSR count). The highest BCUT2D eigenvalue weighted by Gasteiger charge is 2.09. The van der Waals surface area contributed by atoms with Crippen LogP contribution in [0, 0.1) is 13.7 Å². The Morgan fingerprint density at radius 3 is 2.67 bits per heavy atom. The molecule has 0 fully saturated rings. The molecule has 4 nitrogen and oxygen atoms in total. The third kappa shape index (κ3) is 3.57. The Morgan fingerprint density at radius 1 is 1.53 bits per heavy atom. The van der Waals surface area contributed by atoms with Gasteiger partial charge in [0.1, 0.15) is 0 Å². The summed E-state index contributed by atoms with van der Waals surface area (Å²) < 4.78 is 24.3. The van der Waals surface area contributed by atoms with Crippen LogP contribution in [0.3, 0.4) is 0 Å². The van der Waals surface area contributed by atoms with Crippen molar-refractivity contribution in [1.29, 1.82) is 0 Å². The van der Waals surface area contributed by atoms with Crippen molar-refractivity contribution in [3.05, 3.63) is 31.9 Å². The first kappa shape index (κ1) is 12.1. The van der Waals surface area contributed by atoms with Crippen molar-refractivity contribution in [2.75, 3.05) is 11.9 Å². The van der Waals surface area contributed by atoms with E-state index in [1.54, 1.807) is 0 Å². The number of non-ortho nitro benzene ring substituents is 1. The molecule has 0 aliphatic carbocycles. The van der Waals surface area contributed by atoms with E-state index in [0.717, 1.165) is 0 Å². The lowest BCUT2D eigenvalue weighted by Crippen LogP contribution is -2.11. The molecular weight excluding hydrogens is 321 g/mol. The molecule has 0 bridgehead atoms. The van der Waals surface area contributed by atoms with E-state index in [1.807, 2.05) is 22.6 Å². The minimum atomic E-state index is -2.45. The van der Waals surface area contributed by atoms with E-state index in [4.69, 9.17) is 0 Å². The number of nitrogens with zero attached hydrogens (tertiary/aromatic N) is 1. The first-order valence-electron chi connectivity index (χ1n) is 3.96. The summed E-state index contributed by atoms with van der Waals surface area (Å²) in [6, 6.07) is 4.02. The first-order chi connectivity index (χ1) is 7.00. The van der Waals surface area contributed by atoms with E-state index in [9.17, 15) is 18.9 Å². The number of nitrogens with one attached hydrogen (secondary N) is 1. The fraction of sp³-hybridized carbons (Fsp3) is 0.250. The fourth-order valence-corrected chi connectivity index (χ4v) is 1.64. The molecule has 0 atom stereocenters. The van der Waals surface area contributed by atoms with Gasteiger partial charge in [-0.1, -0.05) is 0 Å². The molecule has 0 amide bonds. The smallest absolute Gasteiger partial charge is 0.270 e. The Hall–Kier alpha value is -0.990. The first-order valence-corrected chi connectivity index (χ1v) is 5.04. The van der Waals surface area contributed by atoms with Crippen LogP contribution in [-0.4, -0.2) is 17.9 Å². The second-order valence-electron chi connectivity index (χ2n) is 2.69. The van der Waals surface area contributed by atoms with E-state index in [2.05, 4.69) is 5.32 Å². The topological polar surface area (TPSA) is 55.2 Å². The lowest BCUT2D eigenvalue weighted by Gasteiger charge is -2.07. The monoisotopic (exact) mass is 328 g/mol. The molecule has 1 N–H and O–H groups in total. The number of anilines is 1. The maximum atomic E-state index is 11.9. The van der Waals surface area contributed by atoms with Gasteiger partial charge in [0.15, 0.2) is 0 Å². The van der Waals surface area contributed by atoms with E-state index < -0.39 is 17.9 Å². The number of hydrogen-bond acceptors (Lipinski definition) is 3. The van der Waals surface area contributed by atoms with Gasteiger partial charge in [-0.15, -0.1) is 0 Å². The lowest BCUT2D eigenvalue weighted by molar-refractivity contribution is -0.384. The molecule has 7 heteroatoms. The quantitative estimate of drug-likeness (QED) is 0.525. The summed E-state index contributed by atoms with van der Waals surface area (Å²) in [6.07, 6.45) is -2.45. The summed E-state index contributed by atoms with van der Waals surface area (Å²) >= 11 is 1.85. The van der Waals surface area contributed by atoms with Crippen LogP contribution >= 0.6 is 22.6 Å². The van der Waals surface area contributed by atoms with Crippen molar-refractivity contribution in [1.82, 2.24) is 0 Å². The van der Waals surface area contributed by atoms with Crippen LogP contribution < -0.4 is 5.32 Å². The Bertz CT molecular complexity index is 374. The second kappa shape index (κ2) is 5.19. The standard InChI is InChI=1S/C8H7F2IN2O2/c9-8(10)4-12-7-2-1-5(13(14)15)3-6(7)11/h1-3,8,12H,4H2. The van der Waals surface area contributed by atoms with Crippen LogP contribution in [0.4, 0.5) is 20.2 Å². The molecule has 1 aromatic rings. The Morgan fingerprint density at radius 2 is 2.20 bits per heavy atom. The zero-order chi connectivity index (χ0) is 11.4. The molecule has 0 unspecified atom stereocenters. The van der Waals surface area contributed by atoms with Crippen molar-refractivity contribution in [2.24, 2.45) is 0 Å². The minimum absolute atomic E-state index is 0.0537. The minimum Gasteiger partial charge on any atom is -0.378 e. The van der Waals surface area contributed by atoms with Gasteiger partial charge in [0.2, 0.25) is 0 Å². The Balaban J connectivity index is 2.79. The second-order valence-corrected chi connectivity index (χ2v) is 3.86. The third-order valence-electron chi connectivity index (χ3n) is 1.61. The third-order valence-corrected chi connectivity index (χ3v) is 2.50. The maximum Gasteiger partial charge on any atom is 0.270 e. The summed E-state index contributed by atoms with van der Waals surface area (Å²) in [5.41, 5.74) is 0.420. The SMILES string of the molecule is O=[N+]([O-])c1ccc(NCC(F)F)c(I)c1. The van der Waals surface area contributed by atoms with Crippen LogP contribution in [0.25, 0.3) is 0 Å². The van der Waals surface area contributed by atoms with Gasteiger partial charge >= 0.3 is 0 Å².